The summed E-state index contributed by atoms with van der Waals surface area (Å²) in [6.45, 7) is 2.12. The Morgan fingerprint density at radius 2 is 1.76 bits per heavy atom. The molecule has 0 atom stereocenters. The van der Waals surface area contributed by atoms with E-state index in [1.807, 2.05) is 18.2 Å². The lowest BCUT2D eigenvalue weighted by molar-refractivity contribution is 1.23. The Balaban J connectivity index is 1.87. The molecule has 2 aromatic heterocycles. The van der Waals surface area contributed by atoms with Gasteiger partial charge in [-0.1, -0.05) is 54.1 Å². The minimum atomic E-state index is 1.02. The van der Waals surface area contributed by atoms with E-state index in [9.17, 15) is 0 Å². The van der Waals surface area contributed by atoms with Gasteiger partial charge in [-0.25, -0.2) is 4.98 Å². The predicted octanol–water partition coefficient (Wildman–Crippen LogP) is 5.04. The molecule has 0 aliphatic rings. The van der Waals surface area contributed by atoms with E-state index in [-0.39, 0.29) is 0 Å². The third-order valence-corrected chi connectivity index (χ3v) is 4.43. The first kappa shape index (κ1) is 12.4. The van der Waals surface area contributed by atoms with Crippen LogP contribution < -0.4 is 0 Å². The van der Waals surface area contributed by atoms with Crippen LogP contribution in [0, 0.1) is 6.92 Å². The van der Waals surface area contributed by atoms with Crippen LogP contribution in [0.5, 0.6) is 0 Å². The van der Waals surface area contributed by atoms with Crippen molar-refractivity contribution in [1.82, 2.24) is 9.38 Å². The van der Waals surface area contributed by atoms with Crippen molar-refractivity contribution < 1.29 is 0 Å². The largest absolute Gasteiger partial charge is 0.290 e. The second-order valence-electron chi connectivity index (χ2n) is 5.14. The molecule has 0 saturated heterocycles. The molecule has 102 valence electrons. The van der Waals surface area contributed by atoms with Gasteiger partial charge in [0.2, 0.25) is 0 Å². The van der Waals surface area contributed by atoms with Gasteiger partial charge in [-0.2, -0.15) is 0 Å². The minimum absolute atomic E-state index is 1.02. The fourth-order valence-corrected chi connectivity index (χ4v) is 3.43. The highest BCUT2D eigenvalue weighted by Crippen LogP contribution is 2.29. The summed E-state index contributed by atoms with van der Waals surface area (Å²) in [5.74, 6) is 0. The number of hydrogen-bond donors (Lipinski definition) is 0. The summed E-state index contributed by atoms with van der Waals surface area (Å²) in [4.78, 5) is 5.77. The summed E-state index contributed by atoms with van der Waals surface area (Å²) in [6, 6.07) is 18.9. The molecule has 3 heteroatoms. The summed E-state index contributed by atoms with van der Waals surface area (Å²) < 4.78 is 2.18. The molecule has 0 bridgehead atoms. The van der Waals surface area contributed by atoms with Gasteiger partial charge in [-0.15, -0.1) is 11.3 Å². The van der Waals surface area contributed by atoms with E-state index >= 15 is 0 Å². The Bertz CT molecular complexity index is 903. The third-order valence-electron chi connectivity index (χ3n) is 3.59. The molecule has 4 aromatic rings. The molecular formula is C18H14N2S. The maximum Gasteiger partial charge on any atom is 0.194 e. The number of benzene rings is 2. The Labute approximate surface area is 127 Å². The molecule has 2 heterocycles. The van der Waals surface area contributed by atoms with Gasteiger partial charge >= 0.3 is 0 Å². The van der Waals surface area contributed by atoms with Gasteiger partial charge in [-0.05, 0) is 18.6 Å². The molecule has 0 radical (unpaired) electrons. The molecule has 0 aliphatic carbocycles. The molecule has 2 aromatic carbocycles. The highest BCUT2D eigenvalue weighted by Gasteiger charge is 2.10. The van der Waals surface area contributed by atoms with Crippen LogP contribution in [0.2, 0.25) is 0 Å². The van der Waals surface area contributed by atoms with Crippen LogP contribution in [0.15, 0.2) is 66.2 Å². The van der Waals surface area contributed by atoms with Crippen molar-refractivity contribution in [3.05, 3.63) is 71.7 Å². The number of aromatic nitrogens is 2. The predicted molar refractivity (Wildman–Crippen MR) is 88.7 cm³/mol. The molecule has 4 rings (SSSR count). The van der Waals surface area contributed by atoms with Crippen molar-refractivity contribution >= 4 is 16.3 Å². The van der Waals surface area contributed by atoms with Crippen LogP contribution in [0.1, 0.15) is 5.56 Å². The third kappa shape index (κ3) is 2.16. The highest BCUT2D eigenvalue weighted by molar-refractivity contribution is 7.15. The summed E-state index contributed by atoms with van der Waals surface area (Å²) in [6.07, 6.45) is 2.12. The normalized spacial score (nSPS) is 11.1. The number of hydrogen-bond acceptors (Lipinski definition) is 2. The topological polar surface area (TPSA) is 17.3 Å². The van der Waals surface area contributed by atoms with Gasteiger partial charge in [0.1, 0.15) is 0 Å². The van der Waals surface area contributed by atoms with Crippen LogP contribution in [0.25, 0.3) is 27.5 Å². The Hall–Kier alpha value is -2.39. The maximum atomic E-state index is 4.73. The van der Waals surface area contributed by atoms with E-state index in [2.05, 4.69) is 59.3 Å². The van der Waals surface area contributed by atoms with Crippen molar-refractivity contribution in [3.8, 4) is 22.5 Å². The van der Waals surface area contributed by atoms with Gasteiger partial charge in [-0.3, -0.25) is 4.40 Å². The van der Waals surface area contributed by atoms with Crippen LogP contribution >= 0.6 is 11.3 Å². The van der Waals surface area contributed by atoms with Crippen molar-refractivity contribution in [1.29, 1.82) is 0 Å². The van der Waals surface area contributed by atoms with E-state index in [1.165, 1.54) is 16.8 Å². The average molecular weight is 290 g/mol. The number of thiazole rings is 1. The molecule has 2 nitrogen and oxygen atoms in total. The minimum Gasteiger partial charge on any atom is -0.290 e. The molecule has 0 amide bonds. The van der Waals surface area contributed by atoms with Gasteiger partial charge in [0.25, 0.3) is 0 Å². The van der Waals surface area contributed by atoms with Crippen LogP contribution in [-0.4, -0.2) is 9.38 Å². The standard InChI is InChI=1S/C18H14N2S/c1-13-6-5-9-15(10-13)17-12-21-18-19-16(11-20(17)18)14-7-3-2-4-8-14/h2-12H,1H3. The summed E-state index contributed by atoms with van der Waals surface area (Å²) in [7, 11) is 0. The maximum absolute atomic E-state index is 4.73. The first-order chi connectivity index (χ1) is 10.3. The monoisotopic (exact) mass is 290 g/mol. The lowest BCUT2D eigenvalue weighted by atomic mass is 10.1. The zero-order valence-corrected chi connectivity index (χ0v) is 12.5. The van der Waals surface area contributed by atoms with E-state index in [1.54, 1.807) is 11.3 Å². The van der Waals surface area contributed by atoms with Crippen LogP contribution in [0.4, 0.5) is 0 Å². The van der Waals surface area contributed by atoms with Crippen molar-refractivity contribution in [3.63, 3.8) is 0 Å². The SMILES string of the molecule is Cc1cccc(-c2csc3nc(-c4ccccc4)cn23)c1. The van der Waals surface area contributed by atoms with Crippen molar-refractivity contribution in [2.45, 2.75) is 6.92 Å². The number of fused-ring (bicyclic) bond motifs is 1. The average Bonchev–Trinajstić information content (AvgIpc) is 3.08. The van der Waals surface area contributed by atoms with Crippen LogP contribution in [-0.2, 0) is 0 Å². The Morgan fingerprint density at radius 1 is 0.952 bits per heavy atom. The fourth-order valence-electron chi connectivity index (χ4n) is 2.54. The lowest BCUT2D eigenvalue weighted by Gasteiger charge is -2.01. The molecule has 0 saturated carbocycles. The van der Waals surface area contributed by atoms with E-state index in [0.29, 0.717) is 0 Å². The van der Waals surface area contributed by atoms with Gasteiger partial charge in [0, 0.05) is 17.1 Å². The molecule has 0 fully saturated rings. The second-order valence-corrected chi connectivity index (χ2v) is 5.97. The molecule has 0 unspecified atom stereocenters. The first-order valence-corrected chi connectivity index (χ1v) is 7.78. The summed E-state index contributed by atoms with van der Waals surface area (Å²) in [5.41, 5.74) is 5.89. The molecule has 0 N–H and O–H groups in total. The Kier molecular flexibility index (Phi) is 2.86. The molecule has 0 aliphatic heterocycles. The van der Waals surface area contributed by atoms with Crippen LogP contribution in [0.3, 0.4) is 0 Å². The summed E-state index contributed by atoms with van der Waals surface area (Å²) >= 11 is 1.68. The van der Waals surface area contributed by atoms with Gasteiger partial charge in [0.05, 0.1) is 11.4 Å². The molecule has 21 heavy (non-hydrogen) atoms. The molecule has 0 spiro atoms. The summed E-state index contributed by atoms with van der Waals surface area (Å²) in [5, 5.41) is 2.17. The second kappa shape index (κ2) is 4.86. The van der Waals surface area contributed by atoms with E-state index in [0.717, 1.165) is 16.2 Å². The van der Waals surface area contributed by atoms with Crippen molar-refractivity contribution in [2.75, 3.05) is 0 Å². The zero-order chi connectivity index (χ0) is 14.2. The number of aryl methyl sites for hydroxylation is 1. The smallest absolute Gasteiger partial charge is 0.194 e. The number of nitrogens with zero attached hydrogens (tertiary/aromatic N) is 2. The number of rotatable bonds is 2. The van der Waals surface area contributed by atoms with Crippen molar-refractivity contribution in [2.24, 2.45) is 0 Å². The van der Waals surface area contributed by atoms with E-state index in [4.69, 9.17) is 4.98 Å². The highest BCUT2D eigenvalue weighted by atomic mass is 32.1. The lowest BCUT2D eigenvalue weighted by Crippen LogP contribution is -1.84. The van der Waals surface area contributed by atoms with Gasteiger partial charge in [0.15, 0.2) is 4.96 Å². The first-order valence-electron chi connectivity index (χ1n) is 6.90. The number of imidazole rings is 1. The Morgan fingerprint density at radius 3 is 2.57 bits per heavy atom. The fraction of sp³-hybridized carbons (Fsp3) is 0.0556. The zero-order valence-electron chi connectivity index (χ0n) is 11.7. The molecular weight excluding hydrogens is 276 g/mol. The van der Waals surface area contributed by atoms with Gasteiger partial charge < -0.3 is 0 Å². The quantitative estimate of drug-likeness (QED) is 0.505. The van der Waals surface area contributed by atoms with E-state index < -0.39 is 0 Å².